The SMILES string of the molecule is CC=CCCC1COC(c2ccc(-c3ccc(-c4ccc(CCCCCC)c(F)c4F)cc3)c(F)c2)OC1. The van der Waals surface area contributed by atoms with E-state index in [9.17, 15) is 8.78 Å². The minimum absolute atomic E-state index is 0.206. The number of unbranched alkanes of at least 4 members (excludes halogenated alkanes) is 3. The summed E-state index contributed by atoms with van der Waals surface area (Å²) in [5, 5.41) is 0. The summed E-state index contributed by atoms with van der Waals surface area (Å²) in [5.41, 5.74) is 2.89. The van der Waals surface area contributed by atoms with Gasteiger partial charge in [-0.15, -0.1) is 0 Å². The topological polar surface area (TPSA) is 18.5 Å². The van der Waals surface area contributed by atoms with Gasteiger partial charge in [0.2, 0.25) is 0 Å². The second-order valence-corrected chi connectivity index (χ2v) is 10.0. The molecule has 1 saturated heterocycles. The van der Waals surface area contributed by atoms with Gasteiger partial charge in [-0.1, -0.05) is 86.9 Å². The minimum Gasteiger partial charge on any atom is -0.348 e. The second-order valence-electron chi connectivity index (χ2n) is 10.0. The number of benzene rings is 3. The summed E-state index contributed by atoms with van der Waals surface area (Å²) in [6.07, 6.45) is 10.2. The van der Waals surface area contributed by atoms with Crippen LogP contribution in [0, 0.1) is 23.4 Å². The molecule has 1 aliphatic rings. The van der Waals surface area contributed by atoms with Crippen LogP contribution in [-0.4, -0.2) is 13.2 Å². The van der Waals surface area contributed by atoms with Crippen molar-refractivity contribution in [1.82, 2.24) is 0 Å². The van der Waals surface area contributed by atoms with Gasteiger partial charge in [0.15, 0.2) is 17.9 Å². The van der Waals surface area contributed by atoms with Crippen LogP contribution >= 0.6 is 0 Å². The van der Waals surface area contributed by atoms with Gasteiger partial charge in [-0.05, 0) is 55.4 Å². The summed E-state index contributed by atoms with van der Waals surface area (Å²) in [4.78, 5) is 0. The van der Waals surface area contributed by atoms with E-state index in [-0.39, 0.29) is 11.4 Å². The molecule has 0 bridgehead atoms. The van der Waals surface area contributed by atoms with Crippen molar-refractivity contribution in [2.24, 2.45) is 5.92 Å². The van der Waals surface area contributed by atoms with Gasteiger partial charge < -0.3 is 9.47 Å². The van der Waals surface area contributed by atoms with Gasteiger partial charge in [0.25, 0.3) is 0 Å². The van der Waals surface area contributed by atoms with Gasteiger partial charge in [-0.2, -0.15) is 0 Å². The van der Waals surface area contributed by atoms with Crippen molar-refractivity contribution in [1.29, 1.82) is 0 Å². The Morgan fingerprint density at radius 1 is 0.816 bits per heavy atom. The molecule has 3 aromatic rings. The molecular weight excluding hydrogens is 485 g/mol. The zero-order valence-electron chi connectivity index (χ0n) is 22.3. The average molecular weight is 523 g/mol. The lowest BCUT2D eigenvalue weighted by Crippen LogP contribution is -2.27. The molecule has 202 valence electrons. The highest BCUT2D eigenvalue weighted by Crippen LogP contribution is 2.33. The molecule has 0 aliphatic carbocycles. The molecule has 2 nitrogen and oxygen atoms in total. The summed E-state index contributed by atoms with van der Waals surface area (Å²) < 4.78 is 56.4. The largest absolute Gasteiger partial charge is 0.348 e. The maximum Gasteiger partial charge on any atom is 0.183 e. The normalized spacial score (nSPS) is 17.8. The van der Waals surface area contributed by atoms with E-state index in [4.69, 9.17) is 9.47 Å². The molecule has 5 heteroatoms. The molecular formula is C33H37F3O2. The number of allylic oxidation sites excluding steroid dienone is 2. The Kier molecular flexibility index (Phi) is 10.2. The molecule has 0 amide bonds. The fourth-order valence-corrected chi connectivity index (χ4v) is 4.89. The molecule has 0 unspecified atom stereocenters. The van der Waals surface area contributed by atoms with Gasteiger partial charge >= 0.3 is 0 Å². The highest BCUT2D eigenvalue weighted by Gasteiger charge is 2.24. The van der Waals surface area contributed by atoms with E-state index >= 15 is 4.39 Å². The predicted molar refractivity (Wildman–Crippen MR) is 147 cm³/mol. The summed E-state index contributed by atoms with van der Waals surface area (Å²) >= 11 is 0. The molecule has 0 saturated carbocycles. The monoisotopic (exact) mass is 522 g/mol. The van der Waals surface area contributed by atoms with E-state index < -0.39 is 17.9 Å². The third-order valence-corrected chi connectivity index (χ3v) is 7.18. The highest BCUT2D eigenvalue weighted by molar-refractivity contribution is 5.71. The molecule has 0 atom stereocenters. The number of hydrogen-bond donors (Lipinski definition) is 0. The average Bonchev–Trinajstić information content (AvgIpc) is 2.94. The highest BCUT2D eigenvalue weighted by atomic mass is 19.2. The molecule has 4 rings (SSSR count). The van der Waals surface area contributed by atoms with E-state index in [1.165, 1.54) is 6.07 Å². The van der Waals surface area contributed by atoms with Gasteiger partial charge in [0, 0.05) is 22.6 Å². The molecule has 1 fully saturated rings. The fourth-order valence-electron chi connectivity index (χ4n) is 4.89. The van der Waals surface area contributed by atoms with Crippen LogP contribution < -0.4 is 0 Å². The third kappa shape index (κ3) is 6.95. The zero-order chi connectivity index (χ0) is 26.9. The lowest BCUT2D eigenvalue weighted by Gasteiger charge is -2.29. The van der Waals surface area contributed by atoms with Gasteiger partial charge in [-0.3, -0.25) is 0 Å². The minimum atomic E-state index is -0.835. The molecule has 0 N–H and O–H groups in total. The smallest absolute Gasteiger partial charge is 0.183 e. The van der Waals surface area contributed by atoms with Crippen LogP contribution in [0.15, 0.2) is 66.7 Å². The number of rotatable bonds is 11. The molecule has 0 aromatic heterocycles. The van der Waals surface area contributed by atoms with Crippen LogP contribution in [0.25, 0.3) is 22.3 Å². The van der Waals surface area contributed by atoms with Crippen LogP contribution in [0.5, 0.6) is 0 Å². The lowest BCUT2D eigenvalue weighted by molar-refractivity contribution is -0.205. The Bertz CT molecular complexity index is 1210. The Morgan fingerprint density at radius 3 is 2.16 bits per heavy atom. The van der Waals surface area contributed by atoms with E-state index in [1.807, 2.05) is 19.1 Å². The molecule has 1 heterocycles. The second kappa shape index (κ2) is 13.8. The number of ether oxygens (including phenoxy) is 2. The van der Waals surface area contributed by atoms with Crippen LogP contribution in [0.4, 0.5) is 13.2 Å². The van der Waals surface area contributed by atoms with E-state index in [1.54, 1.807) is 42.5 Å². The molecule has 0 spiro atoms. The summed E-state index contributed by atoms with van der Waals surface area (Å²) in [6, 6.07) is 15.1. The van der Waals surface area contributed by atoms with Crippen molar-refractivity contribution >= 4 is 0 Å². The summed E-state index contributed by atoms with van der Waals surface area (Å²) in [6.45, 7) is 5.30. The molecule has 38 heavy (non-hydrogen) atoms. The third-order valence-electron chi connectivity index (χ3n) is 7.18. The van der Waals surface area contributed by atoms with Crippen LogP contribution in [-0.2, 0) is 15.9 Å². The lowest BCUT2D eigenvalue weighted by atomic mass is 9.97. The van der Waals surface area contributed by atoms with Crippen LogP contribution in [0.1, 0.15) is 69.8 Å². The number of hydrogen-bond acceptors (Lipinski definition) is 2. The Hall–Kier alpha value is -2.89. The first kappa shape index (κ1) is 28.1. The van der Waals surface area contributed by atoms with Gasteiger partial charge in [0.05, 0.1) is 13.2 Å². The Labute approximate surface area is 224 Å². The van der Waals surface area contributed by atoms with Gasteiger partial charge in [-0.25, -0.2) is 13.2 Å². The zero-order valence-corrected chi connectivity index (χ0v) is 22.3. The number of aryl methyl sites for hydroxylation is 1. The van der Waals surface area contributed by atoms with Crippen molar-refractivity contribution in [3.63, 3.8) is 0 Å². The Morgan fingerprint density at radius 2 is 1.50 bits per heavy atom. The summed E-state index contributed by atoms with van der Waals surface area (Å²) in [5.74, 6) is -1.66. The standard InChI is InChI=1S/C33H37F3O2/c1-3-5-7-9-11-26-16-19-29(32(36)31(26)35)25-14-12-24(13-15-25)28-18-17-27(20-30(28)34)33-37-21-23(22-38-33)10-8-6-4-2/h4,6,12-20,23,33H,3,5,7-11,21-22H2,1-2H3. The maximum absolute atomic E-state index is 15.1. The van der Waals surface area contributed by atoms with E-state index in [0.717, 1.165) is 38.5 Å². The van der Waals surface area contributed by atoms with Gasteiger partial charge in [0.1, 0.15) is 5.82 Å². The van der Waals surface area contributed by atoms with E-state index in [2.05, 4.69) is 13.0 Å². The van der Waals surface area contributed by atoms with Crippen molar-refractivity contribution < 1.29 is 22.6 Å². The van der Waals surface area contributed by atoms with Crippen molar-refractivity contribution in [2.75, 3.05) is 13.2 Å². The first-order valence-electron chi connectivity index (χ1n) is 13.7. The maximum atomic E-state index is 15.1. The van der Waals surface area contributed by atoms with Crippen molar-refractivity contribution in [3.8, 4) is 22.3 Å². The van der Waals surface area contributed by atoms with Crippen molar-refractivity contribution in [3.05, 3.63) is 95.3 Å². The van der Waals surface area contributed by atoms with Crippen LogP contribution in [0.3, 0.4) is 0 Å². The fraction of sp³-hybridized carbons (Fsp3) is 0.394. The summed E-state index contributed by atoms with van der Waals surface area (Å²) in [7, 11) is 0. The molecule has 1 aliphatic heterocycles. The quantitative estimate of drug-likeness (QED) is 0.184. The first-order valence-corrected chi connectivity index (χ1v) is 13.7. The predicted octanol–water partition coefficient (Wildman–Crippen LogP) is 9.58. The number of halogens is 3. The Balaban J connectivity index is 1.42. The van der Waals surface area contributed by atoms with Crippen molar-refractivity contribution in [2.45, 2.75) is 65.1 Å². The molecule has 3 aromatic carbocycles. The first-order chi connectivity index (χ1) is 18.5. The van der Waals surface area contributed by atoms with Crippen LogP contribution in [0.2, 0.25) is 0 Å². The van der Waals surface area contributed by atoms with E-state index in [0.29, 0.717) is 53.4 Å². The molecule has 0 radical (unpaired) electrons.